The molecule has 0 N–H and O–H groups in total. The van der Waals surface area contributed by atoms with Crippen LogP contribution in [0, 0.1) is 22.7 Å². The number of rotatable bonds is 4. The van der Waals surface area contributed by atoms with Gasteiger partial charge in [-0.15, -0.1) is 45.3 Å². The number of hydrogen-bond donors (Lipinski definition) is 0. The Labute approximate surface area is 449 Å². The molecule has 8 heteroatoms. The molecule has 350 valence electrons. The van der Waals surface area contributed by atoms with E-state index in [0.717, 1.165) is 107 Å². The summed E-state index contributed by atoms with van der Waals surface area (Å²) in [5, 5.41) is 38.7. The van der Waals surface area contributed by atoms with Crippen molar-refractivity contribution in [2.24, 2.45) is 0 Å². The smallest absolute Gasteiger partial charge is 0.102 e. The van der Waals surface area contributed by atoms with Crippen molar-refractivity contribution in [3.05, 3.63) is 217 Å². The van der Waals surface area contributed by atoms with E-state index in [1.54, 1.807) is 45.3 Å². The molecular formula is C68H34N4S4. The molecule has 0 amide bonds. The lowest BCUT2D eigenvalue weighted by molar-refractivity contribution is 1.12. The summed E-state index contributed by atoms with van der Waals surface area (Å²) in [5.74, 6) is 0. The number of thiophene rings is 4. The summed E-state index contributed by atoms with van der Waals surface area (Å²) in [5.41, 5.74) is 9.60. The van der Waals surface area contributed by atoms with E-state index in [9.17, 15) is 10.5 Å². The lowest BCUT2D eigenvalue weighted by Gasteiger charge is -2.26. The van der Waals surface area contributed by atoms with Crippen LogP contribution in [-0.2, 0) is 0 Å². The van der Waals surface area contributed by atoms with Crippen LogP contribution in [-0.4, -0.2) is 9.13 Å². The normalized spacial score (nSPS) is 12.2. The maximum absolute atomic E-state index is 12.5. The monoisotopic (exact) mass is 1030 g/mol. The van der Waals surface area contributed by atoms with E-state index >= 15 is 0 Å². The van der Waals surface area contributed by atoms with Crippen LogP contribution in [0.2, 0.25) is 0 Å². The fourth-order valence-electron chi connectivity index (χ4n) is 12.7. The van der Waals surface area contributed by atoms with Crippen LogP contribution in [0.4, 0.5) is 0 Å². The van der Waals surface area contributed by atoms with Crippen LogP contribution in [0.1, 0.15) is 11.1 Å². The molecule has 6 aromatic heterocycles. The quantitative estimate of drug-likeness (QED) is 0.176. The largest absolute Gasteiger partial charge is 0.307 e. The van der Waals surface area contributed by atoms with Crippen molar-refractivity contribution < 1.29 is 0 Å². The van der Waals surface area contributed by atoms with Gasteiger partial charge in [-0.25, -0.2) is 0 Å². The average Bonchev–Trinajstić information content (AvgIpc) is 4.48. The van der Waals surface area contributed by atoms with Gasteiger partial charge >= 0.3 is 0 Å². The van der Waals surface area contributed by atoms with Gasteiger partial charge in [0.1, 0.15) is 12.1 Å². The first-order valence-corrected chi connectivity index (χ1v) is 28.4. The van der Waals surface area contributed by atoms with Gasteiger partial charge in [-0.3, -0.25) is 0 Å². The van der Waals surface area contributed by atoms with E-state index in [4.69, 9.17) is 0 Å². The maximum atomic E-state index is 12.5. The third-order valence-electron chi connectivity index (χ3n) is 15.8. The second-order valence-corrected chi connectivity index (χ2v) is 23.9. The molecule has 0 radical (unpaired) electrons. The summed E-state index contributed by atoms with van der Waals surface area (Å²) >= 11 is 7.12. The highest BCUT2D eigenvalue weighted by molar-refractivity contribution is 7.27. The van der Waals surface area contributed by atoms with E-state index in [2.05, 4.69) is 228 Å². The van der Waals surface area contributed by atoms with E-state index in [0.29, 0.717) is 16.7 Å². The summed E-state index contributed by atoms with van der Waals surface area (Å²) in [4.78, 5) is 0. The molecule has 17 rings (SSSR count). The average molecular weight is 1040 g/mol. The fourth-order valence-corrected chi connectivity index (χ4v) is 17.2. The van der Waals surface area contributed by atoms with Crippen LogP contribution in [0.15, 0.2) is 206 Å². The number of aromatic nitrogens is 2. The number of hydrogen-bond acceptors (Lipinski definition) is 6. The number of para-hydroxylation sites is 2. The Bertz CT molecular complexity index is 5300. The van der Waals surface area contributed by atoms with Gasteiger partial charge in [0.2, 0.25) is 0 Å². The topological polar surface area (TPSA) is 57.4 Å². The van der Waals surface area contributed by atoms with Crippen molar-refractivity contribution in [2.75, 3.05) is 0 Å². The van der Waals surface area contributed by atoms with Gasteiger partial charge in [0.25, 0.3) is 0 Å². The first-order chi connectivity index (χ1) is 37.6. The van der Waals surface area contributed by atoms with E-state index < -0.39 is 0 Å². The van der Waals surface area contributed by atoms with E-state index in [1.807, 2.05) is 0 Å². The van der Waals surface area contributed by atoms with Crippen LogP contribution >= 0.6 is 45.3 Å². The lowest BCUT2D eigenvalue weighted by atomic mass is 9.84. The zero-order valence-electron chi connectivity index (χ0n) is 40.1. The molecule has 0 aliphatic carbocycles. The summed E-state index contributed by atoms with van der Waals surface area (Å²) < 4.78 is 14.1. The lowest BCUT2D eigenvalue weighted by Crippen LogP contribution is -2.11. The van der Waals surface area contributed by atoms with Crippen molar-refractivity contribution in [3.63, 3.8) is 0 Å². The molecule has 76 heavy (non-hydrogen) atoms. The Morgan fingerprint density at radius 1 is 0.276 bits per heavy atom. The number of nitrogens with zero attached hydrogens (tertiary/aromatic N) is 4. The summed E-state index contributed by atoms with van der Waals surface area (Å²) in [6, 6.07) is 80.2. The van der Waals surface area contributed by atoms with Gasteiger partial charge in [-0.2, -0.15) is 10.5 Å². The molecule has 6 heterocycles. The molecule has 17 aromatic rings. The highest BCUT2D eigenvalue weighted by Crippen LogP contribution is 2.54. The van der Waals surface area contributed by atoms with Crippen molar-refractivity contribution in [3.8, 4) is 45.8 Å². The Morgan fingerprint density at radius 3 is 1.08 bits per heavy atom. The minimum absolute atomic E-state index is 0.446. The van der Waals surface area contributed by atoms with Gasteiger partial charge in [0.05, 0.1) is 44.6 Å². The highest BCUT2D eigenvalue weighted by Gasteiger charge is 2.34. The molecule has 0 aliphatic rings. The van der Waals surface area contributed by atoms with Crippen molar-refractivity contribution in [1.82, 2.24) is 9.13 Å². The number of fused-ring (bicyclic) bond motifs is 18. The summed E-state index contributed by atoms with van der Waals surface area (Å²) in [6.45, 7) is 0. The van der Waals surface area contributed by atoms with Gasteiger partial charge in [0.15, 0.2) is 0 Å². The molecule has 0 bridgehead atoms. The third kappa shape index (κ3) is 5.63. The first kappa shape index (κ1) is 42.3. The van der Waals surface area contributed by atoms with E-state index in [1.165, 1.54) is 45.0 Å². The zero-order chi connectivity index (χ0) is 49.9. The second-order valence-electron chi connectivity index (χ2n) is 19.6. The standard InChI is InChI=1S/C68H34N4S4/c69-35-49-63(43-21-13-29-59-64(43)41-19-5-11-27-57(41)73-59)50(36-70)68(72-52-24-8-2-16-38(52)46-32-48-40-18-4-10-26-56(40)76-62(48)34-54(46)72)66(44-22-14-30-60-65(44)42-20-6-12-28-58(42)74-60)67(49)71-51-23-7-1-15-37(51)45-31-47-39-17-3-9-25-55(39)75-61(47)33-53(45)71/h1-34H. The van der Waals surface area contributed by atoms with Crippen LogP contribution < -0.4 is 0 Å². The minimum atomic E-state index is 0.446. The van der Waals surface area contributed by atoms with Crippen LogP contribution in [0.3, 0.4) is 0 Å². The Kier molecular flexibility index (Phi) is 8.73. The summed E-state index contributed by atoms with van der Waals surface area (Å²) in [7, 11) is 0. The van der Waals surface area contributed by atoms with Gasteiger partial charge in [-0.1, -0.05) is 133 Å². The zero-order valence-corrected chi connectivity index (χ0v) is 43.3. The molecule has 4 nitrogen and oxygen atoms in total. The second kappa shape index (κ2) is 15.7. The SMILES string of the molecule is N#Cc1c(-c2cccc3sc4ccccc4c23)c(C#N)c(-n2c3ccccc3c3cc4c(cc32)sc2ccccc24)c(-c2cccc3sc4ccccc4c23)c1-n1c2ccccc2c2cc3c(cc21)sc1ccccc13. The highest BCUT2D eigenvalue weighted by atomic mass is 32.1. The van der Waals surface area contributed by atoms with Gasteiger partial charge in [-0.05, 0) is 83.9 Å². The van der Waals surface area contributed by atoms with Crippen molar-refractivity contribution in [2.45, 2.75) is 0 Å². The molecule has 0 atom stereocenters. The fraction of sp³-hybridized carbons (Fsp3) is 0. The predicted molar refractivity (Wildman–Crippen MR) is 327 cm³/mol. The Morgan fingerprint density at radius 2 is 0.632 bits per heavy atom. The van der Waals surface area contributed by atoms with Crippen molar-refractivity contribution in [1.29, 1.82) is 10.5 Å². The molecular weight excluding hydrogens is 1000 g/mol. The van der Waals surface area contributed by atoms with E-state index in [-0.39, 0.29) is 0 Å². The van der Waals surface area contributed by atoms with Crippen LogP contribution in [0.5, 0.6) is 0 Å². The Balaban J connectivity index is 1.17. The predicted octanol–water partition coefficient (Wildman–Crippen LogP) is 20.4. The third-order valence-corrected chi connectivity index (χ3v) is 20.3. The molecule has 11 aromatic carbocycles. The number of benzene rings is 11. The molecule has 0 saturated carbocycles. The molecule has 0 spiro atoms. The molecule has 0 aliphatic heterocycles. The van der Waals surface area contributed by atoms with Crippen molar-refractivity contribution >= 4 is 170 Å². The Hall–Kier alpha value is -9.12. The molecule has 0 saturated heterocycles. The van der Waals surface area contributed by atoms with Gasteiger partial charge < -0.3 is 9.13 Å². The first-order valence-electron chi connectivity index (χ1n) is 25.2. The maximum Gasteiger partial charge on any atom is 0.102 e. The van der Waals surface area contributed by atoms with Crippen LogP contribution in [0.25, 0.3) is 158 Å². The molecule has 0 unspecified atom stereocenters. The number of nitriles is 2. The minimum Gasteiger partial charge on any atom is -0.307 e. The molecule has 0 fully saturated rings. The summed E-state index contributed by atoms with van der Waals surface area (Å²) in [6.07, 6.45) is 0. The van der Waals surface area contributed by atoms with Gasteiger partial charge in [0, 0.05) is 113 Å².